The molecule has 29 heavy (non-hydrogen) atoms. The number of rotatable bonds is 7. The maximum atomic E-state index is 12.2. The topological polar surface area (TPSA) is 70.5 Å². The van der Waals surface area contributed by atoms with Crippen LogP contribution < -0.4 is 9.47 Å². The van der Waals surface area contributed by atoms with E-state index in [0.717, 1.165) is 9.32 Å². The van der Waals surface area contributed by atoms with E-state index in [1.54, 1.807) is 24.3 Å². The molecule has 0 saturated carbocycles. The molecule has 2 aromatic heterocycles. The highest BCUT2D eigenvalue weighted by atomic mass is 127. The van der Waals surface area contributed by atoms with Crippen LogP contribution in [0.15, 0.2) is 69.5 Å². The molecule has 0 atom stereocenters. The molecule has 4 rings (SSSR count). The quantitative estimate of drug-likeness (QED) is 0.294. The molecular formula is C20H13F2IN2O4. The van der Waals surface area contributed by atoms with Crippen LogP contribution in [-0.2, 0) is 6.61 Å². The molecule has 0 aliphatic rings. The van der Waals surface area contributed by atoms with Crippen molar-refractivity contribution in [1.29, 1.82) is 0 Å². The number of nitrogens with zero attached hydrogens (tertiary/aromatic N) is 2. The monoisotopic (exact) mass is 510 g/mol. The molecule has 6 nitrogen and oxygen atoms in total. The largest absolute Gasteiger partial charge is 0.486 e. The van der Waals surface area contributed by atoms with E-state index in [1.165, 1.54) is 12.1 Å². The van der Waals surface area contributed by atoms with Crippen LogP contribution in [0, 0.1) is 3.57 Å². The third-order valence-corrected chi connectivity index (χ3v) is 4.54. The summed E-state index contributed by atoms with van der Waals surface area (Å²) in [5.41, 5.74) is 0.569. The van der Waals surface area contributed by atoms with Crippen LogP contribution in [0.3, 0.4) is 0 Å². The van der Waals surface area contributed by atoms with E-state index in [-0.39, 0.29) is 24.1 Å². The van der Waals surface area contributed by atoms with E-state index in [0.29, 0.717) is 17.1 Å². The van der Waals surface area contributed by atoms with Crippen LogP contribution in [0.25, 0.3) is 23.1 Å². The smallest absolute Gasteiger partial charge is 0.387 e. The van der Waals surface area contributed by atoms with E-state index in [2.05, 4.69) is 37.5 Å². The summed E-state index contributed by atoms with van der Waals surface area (Å²) >= 11 is 2.22. The second-order valence-corrected chi connectivity index (χ2v) is 7.07. The second kappa shape index (κ2) is 8.60. The van der Waals surface area contributed by atoms with Crippen molar-refractivity contribution in [3.8, 4) is 34.6 Å². The number of hydrogen-bond acceptors (Lipinski definition) is 6. The minimum absolute atomic E-state index is 0.0484. The molecule has 0 amide bonds. The summed E-state index contributed by atoms with van der Waals surface area (Å²) in [6.07, 6.45) is 0. The molecular weight excluding hydrogens is 497 g/mol. The molecule has 0 unspecified atom stereocenters. The lowest BCUT2D eigenvalue weighted by Gasteiger charge is -2.03. The number of hydrogen-bond donors (Lipinski definition) is 0. The molecule has 0 spiro atoms. The number of furan rings is 1. The Morgan fingerprint density at radius 2 is 1.52 bits per heavy atom. The predicted molar refractivity (Wildman–Crippen MR) is 108 cm³/mol. The maximum absolute atomic E-state index is 12.2. The molecule has 0 aliphatic heterocycles. The molecule has 0 aliphatic carbocycles. The zero-order chi connectivity index (χ0) is 20.2. The molecule has 0 bridgehead atoms. The molecule has 9 heteroatoms. The number of aromatic nitrogens is 2. The van der Waals surface area contributed by atoms with Gasteiger partial charge in [-0.05, 0) is 83.3 Å². The molecule has 2 heterocycles. The van der Waals surface area contributed by atoms with Gasteiger partial charge in [-0.1, -0.05) is 0 Å². The zero-order valence-corrected chi connectivity index (χ0v) is 16.9. The summed E-state index contributed by atoms with van der Waals surface area (Å²) in [6, 6.07) is 17.1. The fourth-order valence-electron chi connectivity index (χ4n) is 2.47. The van der Waals surface area contributed by atoms with Gasteiger partial charge >= 0.3 is 6.61 Å². The van der Waals surface area contributed by atoms with Gasteiger partial charge in [0, 0.05) is 9.13 Å². The van der Waals surface area contributed by atoms with E-state index >= 15 is 0 Å². The van der Waals surface area contributed by atoms with Crippen LogP contribution in [0.1, 0.15) is 5.76 Å². The summed E-state index contributed by atoms with van der Waals surface area (Å²) in [6.45, 7) is -2.62. The molecule has 0 N–H and O–H groups in total. The number of ether oxygens (including phenoxy) is 2. The van der Waals surface area contributed by atoms with Crippen LogP contribution in [0.5, 0.6) is 11.5 Å². The third-order valence-electron chi connectivity index (χ3n) is 3.82. The Hall–Kier alpha value is -2.95. The van der Waals surface area contributed by atoms with Crippen molar-refractivity contribution in [2.24, 2.45) is 0 Å². The molecule has 148 valence electrons. The fraction of sp³-hybridized carbons (Fsp3) is 0.100. The molecule has 2 aromatic carbocycles. The van der Waals surface area contributed by atoms with E-state index in [1.807, 2.05) is 24.3 Å². The molecule has 0 fully saturated rings. The van der Waals surface area contributed by atoms with Crippen molar-refractivity contribution in [3.63, 3.8) is 0 Å². The van der Waals surface area contributed by atoms with Crippen LogP contribution in [0.4, 0.5) is 8.78 Å². The maximum Gasteiger partial charge on any atom is 0.387 e. The van der Waals surface area contributed by atoms with Gasteiger partial charge in [-0.25, -0.2) is 0 Å². The Morgan fingerprint density at radius 3 is 2.24 bits per heavy atom. The third kappa shape index (κ3) is 4.91. The standard InChI is InChI=1S/C20H13F2IN2O4/c21-20(22)28-15-5-1-12(2-6-15)18-24-25-19(29-18)17-10-9-16(27-17)11-26-14-7-3-13(23)4-8-14/h1-10,20H,11H2. The van der Waals surface area contributed by atoms with Crippen LogP contribution in [0.2, 0.25) is 0 Å². The Morgan fingerprint density at radius 1 is 0.828 bits per heavy atom. The predicted octanol–water partition coefficient (Wildman–Crippen LogP) is 5.78. The number of halogens is 3. The van der Waals surface area contributed by atoms with Crippen molar-refractivity contribution in [2.75, 3.05) is 0 Å². The first-order valence-corrected chi connectivity index (χ1v) is 9.51. The lowest BCUT2D eigenvalue weighted by molar-refractivity contribution is -0.0498. The number of benzene rings is 2. The summed E-state index contributed by atoms with van der Waals surface area (Å²) in [4.78, 5) is 0. The van der Waals surface area contributed by atoms with Gasteiger partial charge in [-0.15, -0.1) is 10.2 Å². The van der Waals surface area contributed by atoms with Crippen LogP contribution >= 0.6 is 22.6 Å². The Labute approximate surface area is 177 Å². The summed E-state index contributed by atoms with van der Waals surface area (Å²) in [5.74, 6) is 2.23. The van der Waals surface area contributed by atoms with Crippen molar-refractivity contribution >= 4 is 22.6 Å². The van der Waals surface area contributed by atoms with Crippen molar-refractivity contribution < 1.29 is 27.1 Å². The van der Waals surface area contributed by atoms with Crippen molar-refractivity contribution in [1.82, 2.24) is 10.2 Å². The highest BCUT2D eigenvalue weighted by Crippen LogP contribution is 2.27. The molecule has 0 radical (unpaired) electrons. The second-order valence-electron chi connectivity index (χ2n) is 5.82. The number of alkyl halides is 2. The van der Waals surface area contributed by atoms with Crippen LogP contribution in [-0.4, -0.2) is 16.8 Å². The van der Waals surface area contributed by atoms with Gasteiger partial charge < -0.3 is 18.3 Å². The van der Waals surface area contributed by atoms with Gasteiger partial charge in [0.05, 0.1) is 0 Å². The minimum atomic E-state index is -2.88. The Kier molecular flexibility index (Phi) is 5.74. The normalized spacial score (nSPS) is 11.0. The Bertz CT molecular complexity index is 1080. The molecule has 0 saturated heterocycles. The average molecular weight is 510 g/mol. The van der Waals surface area contributed by atoms with Gasteiger partial charge in [0.2, 0.25) is 5.89 Å². The van der Waals surface area contributed by atoms with Gasteiger partial charge in [0.15, 0.2) is 5.76 Å². The Balaban J connectivity index is 1.42. The zero-order valence-electron chi connectivity index (χ0n) is 14.7. The van der Waals surface area contributed by atoms with Crippen molar-refractivity contribution in [2.45, 2.75) is 13.2 Å². The van der Waals surface area contributed by atoms with Gasteiger partial charge in [-0.3, -0.25) is 0 Å². The molecule has 4 aromatic rings. The average Bonchev–Trinajstić information content (AvgIpc) is 3.37. The van der Waals surface area contributed by atoms with Gasteiger partial charge in [0.1, 0.15) is 23.9 Å². The van der Waals surface area contributed by atoms with Crippen molar-refractivity contribution in [3.05, 3.63) is 70.0 Å². The highest BCUT2D eigenvalue weighted by molar-refractivity contribution is 14.1. The fourth-order valence-corrected chi connectivity index (χ4v) is 2.83. The van der Waals surface area contributed by atoms with E-state index in [4.69, 9.17) is 13.6 Å². The summed E-state index contributed by atoms with van der Waals surface area (Å²) in [7, 11) is 0. The lowest BCUT2D eigenvalue weighted by Crippen LogP contribution is -2.01. The van der Waals surface area contributed by atoms with E-state index < -0.39 is 6.61 Å². The summed E-state index contributed by atoms with van der Waals surface area (Å²) < 4.78 is 46.9. The first-order chi connectivity index (χ1) is 14.1. The first kappa shape index (κ1) is 19.4. The SMILES string of the molecule is FC(F)Oc1ccc(-c2nnc(-c3ccc(COc4ccc(I)cc4)o3)o2)cc1. The highest BCUT2D eigenvalue weighted by Gasteiger charge is 2.15. The lowest BCUT2D eigenvalue weighted by atomic mass is 10.2. The minimum Gasteiger partial charge on any atom is -0.486 e. The van der Waals surface area contributed by atoms with E-state index in [9.17, 15) is 8.78 Å². The first-order valence-electron chi connectivity index (χ1n) is 8.43. The van der Waals surface area contributed by atoms with Gasteiger partial charge in [0.25, 0.3) is 5.89 Å². The van der Waals surface area contributed by atoms with Gasteiger partial charge in [-0.2, -0.15) is 8.78 Å². The summed E-state index contributed by atoms with van der Waals surface area (Å²) in [5, 5.41) is 7.94.